The van der Waals surface area contributed by atoms with Gasteiger partial charge in [-0.1, -0.05) is 12.8 Å². The topological polar surface area (TPSA) is 26.3 Å². The molecule has 1 saturated heterocycles. The number of rotatable bonds is 0. The average molecular weight is 180 g/mol. The van der Waals surface area contributed by atoms with E-state index in [-0.39, 0.29) is 11.9 Å². The number of ether oxygens (including phenoxy) is 1. The van der Waals surface area contributed by atoms with E-state index < -0.39 is 0 Å². The van der Waals surface area contributed by atoms with E-state index in [4.69, 9.17) is 4.74 Å². The van der Waals surface area contributed by atoms with Gasteiger partial charge in [-0.2, -0.15) is 0 Å². The molecule has 0 N–H and O–H groups in total. The molecular weight excluding hydrogens is 164 g/mol. The summed E-state index contributed by atoms with van der Waals surface area (Å²) in [6, 6.07) is 0. The van der Waals surface area contributed by atoms with Crippen molar-refractivity contribution in [1.82, 2.24) is 0 Å². The van der Waals surface area contributed by atoms with E-state index in [1.54, 1.807) is 0 Å². The molecule has 0 spiro atoms. The van der Waals surface area contributed by atoms with Crippen molar-refractivity contribution >= 4 is 5.97 Å². The van der Waals surface area contributed by atoms with Crippen molar-refractivity contribution in [2.24, 2.45) is 23.7 Å². The highest BCUT2D eigenvalue weighted by molar-refractivity contribution is 5.73. The SMILES string of the molecule is O=C1OCC2CCC3CCC2C1C3. The fraction of sp³-hybridized carbons (Fsp3) is 0.909. The molecule has 1 aliphatic heterocycles. The number of cyclic esters (lactones) is 1. The van der Waals surface area contributed by atoms with E-state index >= 15 is 0 Å². The zero-order chi connectivity index (χ0) is 8.84. The first-order valence-corrected chi connectivity index (χ1v) is 5.51. The summed E-state index contributed by atoms with van der Waals surface area (Å²) in [5, 5.41) is 0. The Balaban J connectivity index is 1.93. The standard InChI is InChI=1S/C11H16O2/c12-11-10-5-7-1-3-8(6-13-11)9(10)4-2-7/h7-10H,1-6H2. The van der Waals surface area contributed by atoms with Gasteiger partial charge in [-0.3, -0.25) is 4.79 Å². The van der Waals surface area contributed by atoms with E-state index in [0.717, 1.165) is 12.3 Å². The van der Waals surface area contributed by atoms with Crippen molar-refractivity contribution in [3.05, 3.63) is 0 Å². The third-order valence-electron chi connectivity index (χ3n) is 4.31. The highest BCUT2D eigenvalue weighted by Crippen LogP contribution is 2.48. The van der Waals surface area contributed by atoms with Crippen LogP contribution in [0.25, 0.3) is 0 Å². The Morgan fingerprint density at radius 3 is 2.92 bits per heavy atom. The van der Waals surface area contributed by atoms with Crippen LogP contribution in [0.3, 0.4) is 0 Å². The molecule has 4 bridgehead atoms. The van der Waals surface area contributed by atoms with Crippen LogP contribution in [0.5, 0.6) is 0 Å². The predicted molar refractivity (Wildman–Crippen MR) is 48.0 cm³/mol. The molecule has 4 unspecified atom stereocenters. The third kappa shape index (κ3) is 1.11. The third-order valence-corrected chi connectivity index (χ3v) is 4.31. The van der Waals surface area contributed by atoms with Crippen LogP contribution in [-0.2, 0) is 9.53 Å². The molecule has 72 valence electrons. The molecule has 2 nitrogen and oxygen atoms in total. The van der Waals surface area contributed by atoms with Gasteiger partial charge >= 0.3 is 5.97 Å². The molecule has 0 radical (unpaired) electrons. The number of fused-ring (bicyclic) bond motifs is 2. The average Bonchev–Trinajstić information content (AvgIpc) is 2.42. The van der Waals surface area contributed by atoms with Crippen molar-refractivity contribution < 1.29 is 9.53 Å². The van der Waals surface area contributed by atoms with Crippen LogP contribution in [0.2, 0.25) is 0 Å². The smallest absolute Gasteiger partial charge is 0.309 e. The molecule has 4 rings (SSSR count). The molecule has 0 aromatic carbocycles. The van der Waals surface area contributed by atoms with Gasteiger partial charge in [-0.25, -0.2) is 0 Å². The molecule has 0 aromatic heterocycles. The van der Waals surface area contributed by atoms with E-state index in [1.165, 1.54) is 25.7 Å². The van der Waals surface area contributed by atoms with Crippen LogP contribution in [0.15, 0.2) is 0 Å². The van der Waals surface area contributed by atoms with Crippen molar-refractivity contribution in [3.63, 3.8) is 0 Å². The number of carbonyl (C=O) groups is 1. The number of carbonyl (C=O) groups excluding carboxylic acids is 1. The summed E-state index contributed by atoms with van der Waals surface area (Å²) in [6.45, 7) is 0.715. The van der Waals surface area contributed by atoms with E-state index in [2.05, 4.69) is 0 Å². The second-order valence-corrected chi connectivity index (χ2v) is 4.92. The van der Waals surface area contributed by atoms with Crippen molar-refractivity contribution in [2.75, 3.05) is 6.61 Å². The zero-order valence-corrected chi connectivity index (χ0v) is 7.87. The van der Waals surface area contributed by atoms with Crippen LogP contribution in [0.4, 0.5) is 0 Å². The monoisotopic (exact) mass is 180 g/mol. The lowest BCUT2D eigenvalue weighted by Crippen LogP contribution is -2.40. The lowest BCUT2D eigenvalue weighted by Gasteiger charge is -2.38. The molecule has 1 heterocycles. The molecule has 0 amide bonds. The second-order valence-electron chi connectivity index (χ2n) is 4.92. The fourth-order valence-corrected chi connectivity index (χ4v) is 3.55. The number of hydrogen-bond donors (Lipinski definition) is 0. The van der Waals surface area contributed by atoms with E-state index in [9.17, 15) is 4.79 Å². The molecule has 3 aliphatic carbocycles. The van der Waals surface area contributed by atoms with Crippen LogP contribution in [0.1, 0.15) is 32.1 Å². The highest BCUT2D eigenvalue weighted by Gasteiger charge is 2.46. The maximum Gasteiger partial charge on any atom is 0.309 e. The van der Waals surface area contributed by atoms with Crippen molar-refractivity contribution in [2.45, 2.75) is 32.1 Å². The van der Waals surface area contributed by atoms with Gasteiger partial charge in [0.05, 0.1) is 12.5 Å². The first kappa shape index (κ1) is 7.84. The van der Waals surface area contributed by atoms with Gasteiger partial charge in [-0.15, -0.1) is 0 Å². The maximum atomic E-state index is 11.5. The van der Waals surface area contributed by atoms with Crippen LogP contribution >= 0.6 is 0 Å². The summed E-state index contributed by atoms with van der Waals surface area (Å²) in [5.74, 6) is 2.60. The quantitative estimate of drug-likeness (QED) is 0.533. The summed E-state index contributed by atoms with van der Waals surface area (Å²) in [6.07, 6.45) is 6.42. The largest absolute Gasteiger partial charge is 0.465 e. The summed E-state index contributed by atoms with van der Waals surface area (Å²) in [7, 11) is 0. The number of hydrogen-bond acceptors (Lipinski definition) is 2. The first-order chi connectivity index (χ1) is 6.34. The lowest BCUT2D eigenvalue weighted by atomic mass is 9.71. The van der Waals surface area contributed by atoms with Gasteiger partial charge in [0.1, 0.15) is 0 Å². The molecule has 13 heavy (non-hydrogen) atoms. The molecule has 0 aromatic rings. The van der Waals surface area contributed by atoms with Crippen LogP contribution in [-0.4, -0.2) is 12.6 Å². The Kier molecular flexibility index (Phi) is 1.64. The Hall–Kier alpha value is -0.530. The summed E-state index contributed by atoms with van der Waals surface area (Å²) in [5.41, 5.74) is 0. The van der Waals surface area contributed by atoms with Crippen LogP contribution < -0.4 is 0 Å². The van der Waals surface area contributed by atoms with Gasteiger partial charge in [-0.05, 0) is 37.0 Å². The van der Waals surface area contributed by atoms with Gasteiger partial charge in [0.25, 0.3) is 0 Å². The lowest BCUT2D eigenvalue weighted by molar-refractivity contribution is -0.163. The Labute approximate surface area is 78.6 Å². The minimum Gasteiger partial charge on any atom is -0.465 e. The maximum absolute atomic E-state index is 11.5. The van der Waals surface area contributed by atoms with Gasteiger partial charge in [0.15, 0.2) is 0 Å². The van der Waals surface area contributed by atoms with Gasteiger partial charge < -0.3 is 4.74 Å². The second kappa shape index (κ2) is 2.73. The molecule has 4 aliphatic rings. The summed E-state index contributed by atoms with van der Waals surface area (Å²) in [4.78, 5) is 11.5. The number of esters is 1. The normalized spacial score (nSPS) is 48.5. The van der Waals surface area contributed by atoms with E-state index in [1.807, 2.05) is 0 Å². The molecule has 2 heteroatoms. The summed E-state index contributed by atoms with van der Waals surface area (Å²) >= 11 is 0. The first-order valence-electron chi connectivity index (χ1n) is 5.51. The molecule has 4 atom stereocenters. The Morgan fingerprint density at radius 1 is 1.15 bits per heavy atom. The van der Waals surface area contributed by atoms with Crippen molar-refractivity contribution in [1.29, 1.82) is 0 Å². The van der Waals surface area contributed by atoms with E-state index in [0.29, 0.717) is 18.4 Å². The fourth-order valence-electron chi connectivity index (χ4n) is 3.55. The van der Waals surface area contributed by atoms with Crippen molar-refractivity contribution in [3.8, 4) is 0 Å². The minimum atomic E-state index is 0.104. The molecular formula is C11H16O2. The minimum absolute atomic E-state index is 0.104. The zero-order valence-electron chi connectivity index (χ0n) is 7.87. The van der Waals surface area contributed by atoms with Gasteiger partial charge in [0, 0.05) is 0 Å². The Bertz CT molecular complexity index is 236. The molecule has 3 saturated carbocycles. The summed E-state index contributed by atoms with van der Waals surface area (Å²) < 4.78 is 5.24. The molecule has 4 fully saturated rings. The predicted octanol–water partition coefficient (Wildman–Crippen LogP) is 1.99. The Morgan fingerprint density at radius 2 is 2.00 bits per heavy atom. The highest BCUT2D eigenvalue weighted by atomic mass is 16.5. The van der Waals surface area contributed by atoms with Gasteiger partial charge in [0.2, 0.25) is 0 Å². The van der Waals surface area contributed by atoms with Crippen LogP contribution in [0, 0.1) is 23.7 Å².